The van der Waals surface area contributed by atoms with E-state index >= 15 is 0 Å². The molecular formula is C16H22ClN5. The van der Waals surface area contributed by atoms with Gasteiger partial charge in [-0.25, -0.2) is 4.98 Å². The molecule has 2 heterocycles. The smallest absolute Gasteiger partial charge is 0.176 e. The van der Waals surface area contributed by atoms with Crippen LogP contribution in [0.2, 0.25) is 5.02 Å². The van der Waals surface area contributed by atoms with Crippen LogP contribution in [0.25, 0.3) is 5.65 Å². The number of nitrogens with one attached hydrogen (secondary N) is 1. The van der Waals surface area contributed by atoms with Crippen molar-refractivity contribution in [1.82, 2.24) is 14.6 Å². The predicted octanol–water partition coefficient (Wildman–Crippen LogP) is 3.19. The molecule has 4 rings (SSSR count). The Morgan fingerprint density at radius 1 is 1.36 bits per heavy atom. The number of hydrogen-bond acceptors (Lipinski definition) is 4. The predicted molar refractivity (Wildman–Crippen MR) is 88.4 cm³/mol. The summed E-state index contributed by atoms with van der Waals surface area (Å²) in [6, 6.07) is 2.86. The molecule has 0 saturated heterocycles. The number of aromatic nitrogens is 3. The van der Waals surface area contributed by atoms with Crippen LogP contribution in [0, 0.1) is 5.92 Å². The van der Waals surface area contributed by atoms with Gasteiger partial charge in [0.15, 0.2) is 5.65 Å². The Hall–Kier alpha value is -1.33. The second kappa shape index (κ2) is 5.39. The van der Waals surface area contributed by atoms with Crippen LogP contribution in [-0.4, -0.2) is 26.7 Å². The van der Waals surface area contributed by atoms with E-state index in [1.165, 1.54) is 12.8 Å². The van der Waals surface area contributed by atoms with Crippen molar-refractivity contribution in [3.05, 3.63) is 23.0 Å². The van der Waals surface area contributed by atoms with E-state index in [9.17, 15) is 0 Å². The summed E-state index contributed by atoms with van der Waals surface area (Å²) in [5.41, 5.74) is 7.89. The first-order valence-electron chi connectivity index (χ1n) is 8.18. The van der Waals surface area contributed by atoms with E-state index in [1.807, 2.05) is 4.52 Å². The van der Waals surface area contributed by atoms with Crippen LogP contribution < -0.4 is 11.1 Å². The highest BCUT2D eigenvalue weighted by Gasteiger charge is 2.31. The first-order chi connectivity index (χ1) is 10.6. The molecule has 6 heteroatoms. The third-order valence-corrected chi connectivity index (χ3v) is 5.34. The molecule has 0 amide bonds. The Labute approximate surface area is 135 Å². The van der Waals surface area contributed by atoms with Crippen LogP contribution in [0.4, 0.5) is 5.82 Å². The summed E-state index contributed by atoms with van der Waals surface area (Å²) in [5, 5.41) is 8.58. The zero-order valence-electron chi connectivity index (χ0n) is 12.8. The van der Waals surface area contributed by atoms with Gasteiger partial charge in [0.2, 0.25) is 0 Å². The number of fused-ring (bicyclic) bond motifs is 1. The van der Waals surface area contributed by atoms with E-state index in [2.05, 4.69) is 23.4 Å². The highest BCUT2D eigenvalue weighted by molar-refractivity contribution is 6.33. The molecule has 2 aliphatic rings. The fourth-order valence-corrected chi connectivity index (χ4v) is 3.65. The summed E-state index contributed by atoms with van der Waals surface area (Å²) in [6.45, 7) is 2.26. The number of nitrogens with zero attached hydrogens (tertiary/aromatic N) is 3. The topological polar surface area (TPSA) is 68.2 Å². The van der Waals surface area contributed by atoms with Crippen LogP contribution in [0.1, 0.15) is 50.6 Å². The standard InChI is InChI=1S/C16H22ClN5/c1-9(10-2-3-10)14-7-15(20-12-5-4-11(18)6-12)22-16(21-14)13(17)8-19-22/h7-12,20H,2-6,18H2,1H3/t9?,11-,12-/m0/s1. The van der Waals surface area contributed by atoms with E-state index in [-0.39, 0.29) is 0 Å². The van der Waals surface area contributed by atoms with Crippen molar-refractivity contribution in [2.75, 3.05) is 5.32 Å². The van der Waals surface area contributed by atoms with Gasteiger partial charge in [-0.1, -0.05) is 18.5 Å². The fourth-order valence-electron chi connectivity index (χ4n) is 3.49. The molecule has 3 N–H and O–H groups in total. The van der Waals surface area contributed by atoms with E-state index in [0.29, 0.717) is 23.0 Å². The zero-order chi connectivity index (χ0) is 15.3. The highest BCUT2D eigenvalue weighted by atomic mass is 35.5. The summed E-state index contributed by atoms with van der Waals surface area (Å²) >= 11 is 6.26. The van der Waals surface area contributed by atoms with Gasteiger partial charge >= 0.3 is 0 Å². The third-order valence-electron chi connectivity index (χ3n) is 5.07. The lowest BCUT2D eigenvalue weighted by Crippen LogP contribution is -2.22. The average molecular weight is 320 g/mol. The number of halogens is 1. The fraction of sp³-hybridized carbons (Fsp3) is 0.625. The van der Waals surface area contributed by atoms with Crippen molar-refractivity contribution >= 4 is 23.1 Å². The lowest BCUT2D eigenvalue weighted by atomic mass is 10.0. The molecule has 0 spiro atoms. The van der Waals surface area contributed by atoms with Gasteiger partial charge < -0.3 is 11.1 Å². The molecule has 0 aliphatic heterocycles. The van der Waals surface area contributed by atoms with E-state index in [1.54, 1.807) is 6.20 Å². The molecule has 0 aromatic carbocycles. The van der Waals surface area contributed by atoms with Gasteiger partial charge in [0, 0.05) is 29.8 Å². The molecule has 2 aliphatic carbocycles. The van der Waals surface area contributed by atoms with E-state index < -0.39 is 0 Å². The van der Waals surface area contributed by atoms with Gasteiger partial charge in [0.05, 0.1) is 6.20 Å². The molecule has 3 atom stereocenters. The molecule has 5 nitrogen and oxygen atoms in total. The number of nitrogens with two attached hydrogens (primary N) is 1. The van der Waals surface area contributed by atoms with Gasteiger partial charge in [-0.2, -0.15) is 9.61 Å². The minimum absolute atomic E-state index is 0.306. The molecule has 0 radical (unpaired) electrons. The lowest BCUT2D eigenvalue weighted by Gasteiger charge is -2.17. The molecule has 0 bridgehead atoms. The van der Waals surface area contributed by atoms with E-state index in [4.69, 9.17) is 22.3 Å². The molecule has 118 valence electrons. The summed E-state index contributed by atoms with van der Waals surface area (Å²) in [6.07, 6.45) is 7.47. The SMILES string of the molecule is CC(c1cc(N[C@H]2CC[C@H](N)C2)n2ncc(Cl)c2n1)C1CC1. The highest BCUT2D eigenvalue weighted by Crippen LogP contribution is 2.42. The monoisotopic (exact) mass is 319 g/mol. The molecule has 2 fully saturated rings. The van der Waals surface area contributed by atoms with Crippen LogP contribution >= 0.6 is 11.6 Å². The van der Waals surface area contributed by atoms with Crippen molar-refractivity contribution in [2.24, 2.45) is 11.7 Å². The van der Waals surface area contributed by atoms with Crippen LogP contribution in [0.15, 0.2) is 12.3 Å². The maximum Gasteiger partial charge on any atom is 0.176 e. The van der Waals surface area contributed by atoms with Crippen LogP contribution in [0.3, 0.4) is 0 Å². The first-order valence-corrected chi connectivity index (χ1v) is 8.56. The summed E-state index contributed by atoms with van der Waals surface area (Å²) < 4.78 is 1.81. The number of hydrogen-bond donors (Lipinski definition) is 2. The minimum atomic E-state index is 0.306. The molecule has 2 aromatic rings. The van der Waals surface area contributed by atoms with Crippen molar-refractivity contribution < 1.29 is 0 Å². The average Bonchev–Trinajstić information content (AvgIpc) is 3.18. The second-order valence-electron chi connectivity index (χ2n) is 6.83. The second-order valence-corrected chi connectivity index (χ2v) is 7.24. The summed E-state index contributed by atoms with van der Waals surface area (Å²) in [5.74, 6) is 2.23. The Morgan fingerprint density at radius 2 is 2.18 bits per heavy atom. The Morgan fingerprint density at radius 3 is 2.86 bits per heavy atom. The largest absolute Gasteiger partial charge is 0.367 e. The number of anilines is 1. The summed E-state index contributed by atoms with van der Waals surface area (Å²) in [4.78, 5) is 4.75. The molecular weight excluding hydrogens is 298 g/mol. The zero-order valence-corrected chi connectivity index (χ0v) is 13.6. The van der Waals surface area contributed by atoms with Gasteiger partial charge in [-0.05, 0) is 38.0 Å². The van der Waals surface area contributed by atoms with Crippen LogP contribution in [0.5, 0.6) is 0 Å². The van der Waals surface area contributed by atoms with Crippen molar-refractivity contribution in [3.63, 3.8) is 0 Å². The minimum Gasteiger partial charge on any atom is -0.367 e. The quantitative estimate of drug-likeness (QED) is 0.908. The first kappa shape index (κ1) is 14.3. The maximum absolute atomic E-state index is 6.26. The Balaban J connectivity index is 1.71. The lowest BCUT2D eigenvalue weighted by molar-refractivity contribution is 0.641. The molecule has 2 saturated carbocycles. The van der Waals surface area contributed by atoms with Gasteiger partial charge in [0.25, 0.3) is 0 Å². The molecule has 22 heavy (non-hydrogen) atoms. The number of rotatable bonds is 4. The van der Waals surface area contributed by atoms with Crippen molar-refractivity contribution in [1.29, 1.82) is 0 Å². The van der Waals surface area contributed by atoms with Gasteiger partial charge in [0.1, 0.15) is 10.8 Å². The van der Waals surface area contributed by atoms with Gasteiger partial charge in [-0.3, -0.25) is 0 Å². The Bertz CT molecular complexity index is 693. The van der Waals surface area contributed by atoms with Crippen LogP contribution in [-0.2, 0) is 0 Å². The Kier molecular flexibility index (Phi) is 3.50. The normalized spacial score (nSPS) is 26.5. The third kappa shape index (κ3) is 2.57. The van der Waals surface area contributed by atoms with Crippen molar-refractivity contribution in [3.8, 4) is 0 Å². The van der Waals surface area contributed by atoms with Gasteiger partial charge in [-0.15, -0.1) is 0 Å². The van der Waals surface area contributed by atoms with E-state index in [0.717, 1.165) is 42.3 Å². The molecule has 2 aromatic heterocycles. The molecule has 1 unspecified atom stereocenters. The maximum atomic E-state index is 6.26. The summed E-state index contributed by atoms with van der Waals surface area (Å²) in [7, 11) is 0. The van der Waals surface area contributed by atoms with Crippen molar-refractivity contribution in [2.45, 2.75) is 57.0 Å².